The molecule has 0 aliphatic carbocycles. The van der Waals surface area contributed by atoms with Crippen LogP contribution < -0.4 is 15.8 Å². The van der Waals surface area contributed by atoms with Gasteiger partial charge in [-0.25, -0.2) is 0 Å². The molecule has 18 heavy (non-hydrogen) atoms. The van der Waals surface area contributed by atoms with Crippen LogP contribution in [0.3, 0.4) is 0 Å². The Morgan fingerprint density at radius 2 is 1.78 bits per heavy atom. The van der Waals surface area contributed by atoms with Gasteiger partial charge in [-0.3, -0.25) is 4.79 Å². The minimum absolute atomic E-state index is 0.0167. The number of rotatable bonds is 3. The maximum Gasteiger partial charge on any atom is 0.258 e. The molecule has 1 amide bonds. The summed E-state index contributed by atoms with van der Waals surface area (Å²) in [6.07, 6.45) is 0. The number of carbonyl (C=O) groups excluding carboxylic acids is 1. The maximum atomic E-state index is 11.7. The first-order chi connectivity index (χ1) is 8.19. The van der Waals surface area contributed by atoms with E-state index in [9.17, 15) is 4.79 Å². The van der Waals surface area contributed by atoms with Crippen LogP contribution in [0, 0.1) is 13.8 Å². The van der Waals surface area contributed by atoms with Gasteiger partial charge in [0.15, 0.2) is 6.61 Å². The van der Waals surface area contributed by atoms with Crippen LogP contribution in [0.1, 0.15) is 31.9 Å². The van der Waals surface area contributed by atoms with Crippen molar-refractivity contribution in [3.63, 3.8) is 0 Å². The van der Waals surface area contributed by atoms with Crippen molar-refractivity contribution in [2.75, 3.05) is 12.3 Å². The molecule has 0 unspecified atom stereocenters. The molecule has 100 valence electrons. The fraction of sp³-hybridized carbons (Fsp3) is 0.500. The van der Waals surface area contributed by atoms with E-state index in [1.165, 1.54) is 0 Å². The molecule has 0 aliphatic heterocycles. The first-order valence-corrected chi connectivity index (χ1v) is 5.99. The van der Waals surface area contributed by atoms with E-state index in [0.29, 0.717) is 5.69 Å². The summed E-state index contributed by atoms with van der Waals surface area (Å²) in [5.74, 6) is 0.603. The topological polar surface area (TPSA) is 64.3 Å². The number of nitrogen functional groups attached to an aromatic ring is 1. The van der Waals surface area contributed by atoms with Gasteiger partial charge in [0.1, 0.15) is 5.75 Å². The predicted octanol–water partition coefficient (Wildman–Crippen LogP) is 2.18. The van der Waals surface area contributed by atoms with Crippen molar-refractivity contribution in [3.8, 4) is 5.75 Å². The van der Waals surface area contributed by atoms with E-state index < -0.39 is 0 Å². The Morgan fingerprint density at radius 1 is 1.28 bits per heavy atom. The zero-order valence-corrected chi connectivity index (χ0v) is 11.8. The second kappa shape index (κ2) is 5.29. The van der Waals surface area contributed by atoms with Crippen molar-refractivity contribution in [2.24, 2.45) is 0 Å². The molecule has 1 aromatic rings. The minimum Gasteiger partial charge on any atom is -0.483 e. The van der Waals surface area contributed by atoms with E-state index >= 15 is 0 Å². The molecule has 0 spiro atoms. The number of carbonyl (C=O) groups is 1. The van der Waals surface area contributed by atoms with Gasteiger partial charge in [0, 0.05) is 11.2 Å². The zero-order chi connectivity index (χ0) is 13.9. The molecule has 0 fully saturated rings. The molecule has 0 bridgehead atoms. The van der Waals surface area contributed by atoms with Crippen molar-refractivity contribution >= 4 is 11.6 Å². The maximum absolute atomic E-state index is 11.7. The predicted molar refractivity (Wildman–Crippen MR) is 73.7 cm³/mol. The number of hydrogen-bond acceptors (Lipinski definition) is 3. The Labute approximate surface area is 109 Å². The monoisotopic (exact) mass is 250 g/mol. The van der Waals surface area contributed by atoms with E-state index in [1.54, 1.807) is 0 Å². The van der Waals surface area contributed by atoms with E-state index in [2.05, 4.69) is 5.32 Å². The summed E-state index contributed by atoms with van der Waals surface area (Å²) >= 11 is 0. The lowest BCUT2D eigenvalue weighted by Crippen LogP contribution is -2.43. The Kier molecular flexibility index (Phi) is 4.22. The number of aryl methyl sites for hydroxylation is 2. The Hall–Kier alpha value is -1.71. The molecule has 0 atom stereocenters. The van der Waals surface area contributed by atoms with Crippen molar-refractivity contribution in [1.82, 2.24) is 5.32 Å². The highest BCUT2D eigenvalue weighted by atomic mass is 16.5. The highest BCUT2D eigenvalue weighted by Gasteiger charge is 2.15. The van der Waals surface area contributed by atoms with Gasteiger partial charge in [-0.2, -0.15) is 0 Å². The molecule has 0 aliphatic rings. The van der Waals surface area contributed by atoms with Crippen LogP contribution in [0.5, 0.6) is 5.75 Å². The molecular weight excluding hydrogens is 228 g/mol. The minimum atomic E-state index is -0.244. The highest BCUT2D eigenvalue weighted by molar-refractivity contribution is 5.78. The third-order valence-corrected chi connectivity index (χ3v) is 2.34. The van der Waals surface area contributed by atoms with Crippen LogP contribution in [0.15, 0.2) is 12.1 Å². The summed E-state index contributed by atoms with van der Waals surface area (Å²) in [7, 11) is 0. The third-order valence-electron chi connectivity index (χ3n) is 2.34. The van der Waals surface area contributed by atoms with Gasteiger partial charge in [-0.15, -0.1) is 0 Å². The normalized spacial score (nSPS) is 11.2. The van der Waals surface area contributed by atoms with Crippen LogP contribution in [-0.2, 0) is 4.79 Å². The fourth-order valence-electron chi connectivity index (χ4n) is 1.80. The largest absolute Gasteiger partial charge is 0.483 e. The lowest BCUT2D eigenvalue weighted by atomic mass is 10.1. The van der Waals surface area contributed by atoms with Crippen LogP contribution in [-0.4, -0.2) is 18.1 Å². The molecule has 0 saturated carbocycles. The fourth-order valence-corrected chi connectivity index (χ4v) is 1.80. The molecule has 3 N–H and O–H groups in total. The smallest absolute Gasteiger partial charge is 0.258 e. The second-order valence-electron chi connectivity index (χ2n) is 5.57. The molecular formula is C14H22N2O2. The van der Waals surface area contributed by atoms with E-state index in [0.717, 1.165) is 16.9 Å². The number of ether oxygens (including phenoxy) is 1. The lowest BCUT2D eigenvalue weighted by Gasteiger charge is -2.21. The Morgan fingerprint density at radius 3 is 2.22 bits per heavy atom. The second-order valence-corrected chi connectivity index (χ2v) is 5.57. The van der Waals surface area contributed by atoms with Crippen LogP contribution in [0.2, 0.25) is 0 Å². The number of benzene rings is 1. The van der Waals surface area contributed by atoms with Crippen LogP contribution in [0.25, 0.3) is 0 Å². The first-order valence-electron chi connectivity index (χ1n) is 5.99. The number of nitrogens with two attached hydrogens (primary N) is 1. The average molecular weight is 250 g/mol. The lowest BCUT2D eigenvalue weighted by molar-refractivity contribution is -0.124. The van der Waals surface area contributed by atoms with Crippen molar-refractivity contribution in [3.05, 3.63) is 23.3 Å². The number of hydrogen-bond donors (Lipinski definition) is 2. The summed E-state index contributed by atoms with van der Waals surface area (Å²) in [6, 6.07) is 3.67. The summed E-state index contributed by atoms with van der Waals surface area (Å²) in [5, 5.41) is 2.85. The number of anilines is 1. The number of amides is 1. The number of nitrogens with one attached hydrogen (secondary N) is 1. The van der Waals surface area contributed by atoms with E-state index in [1.807, 2.05) is 46.8 Å². The molecule has 0 radical (unpaired) electrons. The molecule has 1 aromatic carbocycles. The Bertz CT molecular complexity index is 425. The van der Waals surface area contributed by atoms with E-state index in [-0.39, 0.29) is 18.1 Å². The van der Waals surface area contributed by atoms with Gasteiger partial charge in [0.2, 0.25) is 0 Å². The van der Waals surface area contributed by atoms with Crippen molar-refractivity contribution in [2.45, 2.75) is 40.2 Å². The van der Waals surface area contributed by atoms with Gasteiger partial charge in [-0.1, -0.05) is 0 Å². The Balaban J connectivity index is 2.67. The zero-order valence-electron chi connectivity index (χ0n) is 11.8. The SMILES string of the molecule is Cc1cc(N)cc(C)c1OCC(=O)NC(C)(C)C. The summed E-state index contributed by atoms with van der Waals surface area (Å²) < 4.78 is 5.56. The third kappa shape index (κ3) is 4.28. The molecule has 4 nitrogen and oxygen atoms in total. The quantitative estimate of drug-likeness (QED) is 0.808. The molecule has 0 heterocycles. The summed E-state index contributed by atoms with van der Waals surface area (Å²) in [5.41, 5.74) is 8.07. The van der Waals surface area contributed by atoms with Gasteiger partial charge < -0.3 is 15.8 Å². The summed E-state index contributed by atoms with van der Waals surface area (Å²) in [6.45, 7) is 9.66. The molecule has 4 heteroatoms. The highest BCUT2D eigenvalue weighted by Crippen LogP contribution is 2.25. The van der Waals surface area contributed by atoms with Crippen molar-refractivity contribution < 1.29 is 9.53 Å². The van der Waals surface area contributed by atoms with Gasteiger partial charge in [0.05, 0.1) is 0 Å². The first kappa shape index (κ1) is 14.4. The van der Waals surface area contributed by atoms with Gasteiger partial charge in [0.25, 0.3) is 5.91 Å². The molecule has 0 aromatic heterocycles. The average Bonchev–Trinajstić information content (AvgIpc) is 2.12. The molecule has 1 rings (SSSR count). The standard InChI is InChI=1S/C14H22N2O2/c1-9-6-11(15)7-10(2)13(9)18-8-12(17)16-14(3,4)5/h6-7H,8,15H2,1-5H3,(H,16,17). The van der Waals surface area contributed by atoms with Crippen LogP contribution >= 0.6 is 0 Å². The van der Waals surface area contributed by atoms with E-state index in [4.69, 9.17) is 10.5 Å². The van der Waals surface area contributed by atoms with Gasteiger partial charge in [-0.05, 0) is 57.9 Å². The van der Waals surface area contributed by atoms with Crippen LogP contribution in [0.4, 0.5) is 5.69 Å². The van der Waals surface area contributed by atoms with Crippen molar-refractivity contribution in [1.29, 1.82) is 0 Å². The van der Waals surface area contributed by atoms with Gasteiger partial charge >= 0.3 is 0 Å². The molecule has 0 saturated heterocycles. The summed E-state index contributed by atoms with van der Waals surface area (Å²) in [4.78, 5) is 11.7.